The lowest BCUT2D eigenvalue weighted by molar-refractivity contribution is 0.513. The summed E-state index contributed by atoms with van der Waals surface area (Å²) in [5, 5.41) is 5.85. The quantitative estimate of drug-likeness (QED) is 0.712. The summed E-state index contributed by atoms with van der Waals surface area (Å²) in [6.07, 6.45) is 1.93. The van der Waals surface area contributed by atoms with Crippen molar-refractivity contribution in [2.24, 2.45) is 0 Å². The second-order valence-corrected chi connectivity index (χ2v) is 4.25. The molecule has 0 amide bonds. The maximum atomic E-state index is 11.8. The lowest BCUT2D eigenvalue weighted by atomic mass is 10.2. The maximum Gasteiger partial charge on any atom is 0.268 e. The predicted molar refractivity (Wildman–Crippen MR) is 68.6 cm³/mol. The molecule has 17 heavy (non-hydrogen) atoms. The van der Waals surface area contributed by atoms with Crippen molar-refractivity contribution in [3.63, 3.8) is 0 Å². The Morgan fingerprint density at radius 3 is 2.53 bits per heavy atom. The van der Waals surface area contributed by atoms with Crippen LogP contribution in [-0.4, -0.2) is 22.9 Å². The Balaban J connectivity index is 2.67. The van der Waals surface area contributed by atoms with Crippen molar-refractivity contribution in [2.75, 3.05) is 13.1 Å². The summed E-state index contributed by atoms with van der Waals surface area (Å²) < 4.78 is 1.40. The molecule has 0 atom stereocenters. The summed E-state index contributed by atoms with van der Waals surface area (Å²) in [4.78, 5) is 23.4. The van der Waals surface area contributed by atoms with Gasteiger partial charge in [-0.2, -0.15) is 0 Å². The van der Waals surface area contributed by atoms with Gasteiger partial charge in [0.25, 0.3) is 11.1 Å². The van der Waals surface area contributed by atoms with Gasteiger partial charge in [-0.15, -0.1) is 0 Å². The average molecular weight is 239 g/mol. The number of aromatic amines is 1. The number of hydrogen-bond acceptors (Lipinski definition) is 3. The van der Waals surface area contributed by atoms with E-state index in [1.165, 1.54) is 4.68 Å². The van der Waals surface area contributed by atoms with E-state index >= 15 is 0 Å². The van der Waals surface area contributed by atoms with Crippen LogP contribution in [-0.2, 0) is 6.54 Å². The lowest BCUT2D eigenvalue weighted by Crippen LogP contribution is -2.34. The number of nitrogens with zero attached hydrogens (tertiary/aromatic N) is 1. The van der Waals surface area contributed by atoms with Crippen molar-refractivity contribution in [1.29, 1.82) is 0 Å². The second-order valence-electron chi connectivity index (χ2n) is 4.25. The Morgan fingerprint density at radius 2 is 1.88 bits per heavy atom. The van der Waals surface area contributed by atoms with E-state index in [2.05, 4.69) is 17.3 Å². The highest BCUT2D eigenvalue weighted by atomic mass is 16.2. The van der Waals surface area contributed by atoms with E-state index in [0.717, 1.165) is 25.9 Å². The Bertz CT molecular complexity index is 474. The smallest absolute Gasteiger partial charge is 0.268 e. The van der Waals surface area contributed by atoms with Gasteiger partial charge in [-0.25, -0.2) is 4.68 Å². The van der Waals surface area contributed by atoms with E-state index < -0.39 is 0 Å². The van der Waals surface area contributed by atoms with Crippen LogP contribution in [0.25, 0.3) is 0 Å². The minimum atomic E-state index is -0.177. The Labute approximate surface area is 101 Å². The minimum absolute atomic E-state index is 0.0995. The first-order valence-corrected chi connectivity index (χ1v) is 6.09. The average Bonchev–Trinajstić information content (AvgIpc) is 2.32. The van der Waals surface area contributed by atoms with Crippen LogP contribution in [0.4, 0.5) is 0 Å². The fourth-order valence-corrected chi connectivity index (χ4v) is 1.61. The SMILES string of the molecule is CCCNCCCn1[nH]c(=O)c(C)c(C)c1=O. The molecule has 5 heteroatoms. The van der Waals surface area contributed by atoms with Crippen molar-refractivity contribution in [2.45, 2.75) is 40.2 Å². The van der Waals surface area contributed by atoms with E-state index in [1.807, 2.05) is 0 Å². The van der Waals surface area contributed by atoms with Crippen LogP contribution in [0, 0.1) is 13.8 Å². The topological polar surface area (TPSA) is 66.9 Å². The molecule has 0 spiro atoms. The van der Waals surface area contributed by atoms with Gasteiger partial charge in [0.15, 0.2) is 0 Å². The van der Waals surface area contributed by atoms with Crippen molar-refractivity contribution >= 4 is 0 Å². The van der Waals surface area contributed by atoms with Gasteiger partial charge in [0.1, 0.15) is 0 Å². The van der Waals surface area contributed by atoms with Crippen LogP contribution >= 0.6 is 0 Å². The summed E-state index contributed by atoms with van der Waals surface area (Å²) >= 11 is 0. The van der Waals surface area contributed by atoms with Gasteiger partial charge < -0.3 is 5.32 Å². The van der Waals surface area contributed by atoms with Crippen molar-refractivity contribution in [1.82, 2.24) is 15.1 Å². The summed E-state index contributed by atoms with van der Waals surface area (Å²) in [6, 6.07) is 0. The van der Waals surface area contributed by atoms with Crippen LogP contribution in [0.1, 0.15) is 30.9 Å². The molecule has 0 aliphatic heterocycles. The lowest BCUT2D eigenvalue weighted by Gasteiger charge is -2.08. The van der Waals surface area contributed by atoms with E-state index in [9.17, 15) is 9.59 Å². The molecular weight excluding hydrogens is 218 g/mol. The van der Waals surface area contributed by atoms with Crippen molar-refractivity contribution in [3.05, 3.63) is 31.8 Å². The van der Waals surface area contributed by atoms with Crippen LogP contribution in [0.15, 0.2) is 9.59 Å². The molecule has 1 heterocycles. The zero-order valence-electron chi connectivity index (χ0n) is 10.8. The number of H-pyrrole nitrogens is 1. The molecule has 0 unspecified atom stereocenters. The highest BCUT2D eigenvalue weighted by molar-refractivity contribution is 5.17. The monoisotopic (exact) mass is 239 g/mol. The first kappa shape index (κ1) is 13.7. The molecule has 5 nitrogen and oxygen atoms in total. The molecule has 2 N–H and O–H groups in total. The van der Waals surface area contributed by atoms with E-state index in [1.54, 1.807) is 13.8 Å². The van der Waals surface area contributed by atoms with E-state index in [4.69, 9.17) is 0 Å². The molecule has 0 radical (unpaired) electrons. The Hall–Kier alpha value is -1.36. The molecule has 1 rings (SSSR count). The second kappa shape index (κ2) is 6.39. The standard InChI is InChI=1S/C12H21N3O2/c1-4-6-13-7-5-8-15-12(17)10(3)9(2)11(16)14-15/h13H,4-8H2,1-3H3,(H,14,16). The zero-order valence-corrected chi connectivity index (χ0v) is 10.8. The number of aryl methyl sites for hydroxylation is 1. The zero-order chi connectivity index (χ0) is 12.8. The fourth-order valence-electron chi connectivity index (χ4n) is 1.61. The molecule has 1 aromatic heterocycles. The minimum Gasteiger partial charge on any atom is -0.317 e. The van der Waals surface area contributed by atoms with Crippen molar-refractivity contribution < 1.29 is 0 Å². The van der Waals surface area contributed by atoms with Gasteiger partial charge in [0.05, 0.1) is 0 Å². The van der Waals surface area contributed by atoms with Crippen LogP contribution < -0.4 is 16.4 Å². The number of hydrogen-bond donors (Lipinski definition) is 2. The normalized spacial score (nSPS) is 10.8. The molecule has 0 aliphatic rings. The van der Waals surface area contributed by atoms with Crippen LogP contribution in [0.3, 0.4) is 0 Å². The number of nitrogens with one attached hydrogen (secondary N) is 2. The largest absolute Gasteiger partial charge is 0.317 e. The van der Waals surface area contributed by atoms with Gasteiger partial charge in [-0.3, -0.25) is 14.7 Å². The molecule has 0 aromatic carbocycles. The van der Waals surface area contributed by atoms with Gasteiger partial charge >= 0.3 is 0 Å². The summed E-state index contributed by atoms with van der Waals surface area (Å²) in [7, 11) is 0. The summed E-state index contributed by atoms with van der Waals surface area (Å²) in [5.41, 5.74) is 0.770. The Kier molecular flexibility index (Phi) is 5.15. The van der Waals surface area contributed by atoms with Gasteiger partial charge in [-0.05, 0) is 39.8 Å². The number of aromatic nitrogens is 2. The third kappa shape index (κ3) is 3.56. The first-order chi connectivity index (χ1) is 8.07. The fraction of sp³-hybridized carbons (Fsp3) is 0.667. The molecule has 0 fully saturated rings. The molecule has 0 bridgehead atoms. The Morgan fingerprint density at radius 1 is 1.18 bits per heavy atom. The van der Waals surface area contributed by atoms with Gasteiger partial charge in [0.2, 0.25) is 0 Å². The molecule has 96 valence electrons. The van der Waals surface area contributed by atoms with Crippen molar-refractivity contribution in [3.8, 4) is 0 Å². The third-order valence-electron chi connectivity index (χ3n) is 2.87. The highest BCUT2D eigenvalue weighted by Gasteiger charge is 2.06. The molecule has 1 aromatic rings. The highest BCUT2D eigenvalue weighted by Crippen LogP contribution is 1.92. The van der Waals surface area contributed by atoms with Gasteiger partial charge in [-0.1, -0.05) is 6.92 Å². The molecule has 0 saturated heterocycles. The molecule has 0 aliphatic carbocycles. The number of rotatable bonds is 6. The van der Waals surface area contributed by atoms with E-state index in [-0.39, 0.29) is 11.1 Å². The van der Waals surface area contributed by atoms with Crippen LogP contribution in [0.5, 0.6) is 0 Å². The predicted octanol–water partition coefficient (Wildman–Crippen LogP) is 0.543. The van der Waals surface area contributed by atoms with Crippen LogP contribution in [0.2, 0.25) is 0 Å². The van der Waals surface area contributed by atoms with E-state index in [0.29, 0.717) is 17.7 Å². The molecule has 0 saturated carbocycles. The summed E-state index contributed by atoms with van der Waals surface area (Å²) in [6.45, 7) is 7.86. The third-order valence-corrected chi connectivity index (χ3v) is 2.87. The summed E-state index contributed by atoms with van der Waals surface area (Å²) in [5.74, 6) is 0. The maximum absolute atomic E-state index is 11.8. The first-order valence-electron chi connectivity index (χ1n) is 6.09. The van der Waals surface area contributed by atoms with Gasteiger partial charge in [0, 0.05) is 17.7 Å². The molecular formula is C12H21N3O2.